The number of hydrogen-bond acceptors (Lipinski definition) is 4. The number of hydrogen-bond donors (Lipinski definition) is 0. The molecule has 2 rings (SSSR count). The highest BCUT2D eigenvalue weighted by Gasteiger charge is 2.26. The summed E-state index contributed by atoms with van der Waals surface area (Å²) in [6.07, 6.45) is 0.318. The van der Waals surface area contributed by atoms with Crippen LogP contribution in [0.15, 0.2) is 35.6 Å². The van der Waals surface area contributed by atoms with Crippen molar-refractivity contribution in [1.29, 1.82) is 0 Å². The summed E-state index contributed by atoms with van der Waals surface area (Å²) in [6.45, 7) is 7.87. The maximum atomic E-state index is 12.3. The second-order valence-corrected chi connectivity index (χ2v) is 14.3. The van der Waals surface area contributed by atoms with Crippen LogP contribution in [-0.2, 0) is 11.5 Å². The molecule has 0 atom stereocenters. The Morgan fingerprint density at radius 1 is 1.22 bits per heavy atom. The number of nitrogens with zero attached hydrogens (tertiary/aromatic N) is 3. The SMILES string of the molecule is C[Si](C)(C)CCOCn1ncc(SCCCC(F)(F)F)c1-c1cccnc1. The van der Waals surface area contributed by atoms with Crippen LogP contribution in [0.2, 0.25) is 25.7 Å². The molecule has 0 aliphatic carbocycles. The average Bonchev–Trinajstić information content (AvgIpc) is 2.97. The van der Waals surface area contributed by atoms with E-state index in [9.17, 15) is 13.2 Å². The van der Waals surface area contributed by atoms with Gasteiger partial charge in [-0.2, -0.15) is 18.3 Å². The van der Waals surface area contributed by atoms with Crippen molar-refractivity contribution in [3.63, 3.8) is 0 Å². The Balaban J connectivity index is 2.04. The molecule has 0 fully saturated rings. The molecule has 2 aromatic rings. The van der Waals surface area contributed by atoms with E-state index in [-0.39, 0.29) is 6.42 Å². The van der Waals surface area contributed by atoms with Crippen LogP contribution >= 0.6 is 11.8 Å². The fourth-order valence-corrected chi connectivity index (χ4v) is 4.10. The Hall–Kier alpha value is -1.32. The highest BCUT2D eigenvalue weighted by atomic mass is 32.2. The minimum atomic E-state index is -4.11. The van der Waals surface area contributed by atoms with Crippen LogP contribution in [0.5, 0.6) is 0 Å². The van der Waals surface area contributed by atoms with E-state index in [1.165, 1.54) is 11.8 Å². The van der Waals surface area contributed by atoms with E-state index in [1.54, 1.807) is 23.3 Å². The maximum absolute atomic E-state index is 12.3. The molecule has 2 aromatic heterocycles. The molecule has 0 aromatic carbocycles. The first-order valence-corrected chi connectivity index (χ1v) is 13.6. The highest BCUT2D eigenvalue weighted by molar-refractivity contribution is 7.99. The number of rotatable bonds is 10. The number of aromatic nitrogens is 3. The van der Waals surface area contributed by atoms with Gasteiger partial charge in [-0.25, -0.2) is 4.68 Å². The van der Waals surface area contributed by atoms with Gasteiger partial charge in [0.15, 0.2) is 0 Å². The van der Waals surface area contributed by atoms with Crippen molar-refractivity contribution in [2.75, 3.05) is 12.4 Å². The summed E-state index contributed by atoms with van der Waals surface area (Å²) in [4.78, 5) is 4.99. The molecule has 150 valence electrons. The van der Waals surface area contributed by atoms with Crippen molar-refractivity contribution >= 4 is 19.8 Å². The largest absolute Gasteiger partial charge is 0.389 e. The molecule has 2 heterocycles. The molecule has 0 bridgehead atoms. The lowest BCUT2D eigenvalue weighted by atomic mass is 10.2. The molecular weight excluding hydrogens is 391 g/mol. The molecule has 0 amide bonds. The molecular formula is C18H26F3N3OSSi. The molecule has 0 spiro atoms. The zero-order valence-electron chi connectivity index (χ0n) is 15.9. The van der Waals surface area contributed by atoms with Crippen LogP contribution in [0.1, 0.15) is 12.8 Å². The van der Waals surface area contributed by atoms with Crippen LogP contribution in [-0.4, -0.2) is 41.4 Å². The second kappa shape index (κ2) is 9.75. The summed E-state index contributed by atoms with van der Waals surface area (Å²) < 4.78 is 44.6. The Labute approximate surface area is 163 Å². The van der Waals surface area contributed by atoms with Gasteiger partial charge < -0.3 is 4.74 Å². The van der Waals surface area contributed by atoms with Crippen molar-refractivity contribution in [3.8, 4) is 11.3 Å². The van der Waals surface area contributed by atoms with Crippen LogP contribution in [0.4, 0.5) is 13.2 Å². The van der Waals surface area contributed by atoms with Crippen molar-refractivity contribution in [3.05, 3.63) is 30.7 Å². The minimum absolute atomic E-state index is 0.0819. The van der Waals surface area contributed by atoms with Crippen LogP contribution in [0.25, 0.3) is 11.3 Å². The van der Waals surface area contributed by atoms with E-state index in [0.717, 1.165) is 22.2 Å². The van der Waals surface area contributed by atoms with Gasteiger partial charge >= 0.3 is 6.18 Å². The van der Waals surface area contributed by atoms with Crippen molar-refractivity contribution < 1.29 is 17.9 Å². The third-order valence-electron chi connectivity index (χ3n) is 3.81. The minimum Gasteiger partial charge on any atom is -0.360 e. The van der Waals surface area contributed by atoms with Gasteiger partial charge in [-0.15, -0.1) is 11.8 Å². The smallest absolute Gasteiger partial charge is 0.360 e. The van der Waals surface area contributed by atoms with Gasteiger partial charge in [0, 0.05) is 39.1 Å². The summed E-state index contributed by atoms with van der Waals surface area (Å²) in [6, 6.07) is 4.81. The van der Waals surface area contributed by atoms with E-state index in [2.05, 4.69) is 29.7 Å². The van der Waals surface area contributed by atoms with Crippen LogP contribution in [0, 0.1) is 0 Å². The fourth-order valence-electron chi connectivity index (χ4n) is 2.35. The summed E-state index contributed by atoms with van der Waals surface area (Å²) in [5, 5.41) is 4.39. The van der Waals surface area contributed by atoms with Gasteiger partial charge in [-0.05, 0) is 30.4 Å². The monoisotopic (exact) mass is 417 g/mol. The Bertz CT molecular complexity index is 663. The van der Waals surface area contributed by atoms with Gasteiger partial charge in [0.05, 0.1) is 16.8 Å². The molecule has 0 N–H and O–H groups in total. The lowest BCUT2D eigenvalue weighted by molar-refractivity contribution is -0.134. The van der Waals surface area contributed by atoms with Crippen LogP contribution < -0.4 is 0 Å². The van der Waals surface area contributed by atoms with Gasteiger partial charge in [0.25, 0.3) is 0 Å². The zero-order valence-corrected chi connectivity index (χ0v) is 17.7. The number of thioether (sulfide) groups is 1. The molecule has 4 nitrogen and oxygen atoms in total. The van der Waals surface area contributed by atoms with Gasteiger partial charge in [0.2, 0.25) is 0 Å². The molecule has 0 aliphatic heterocycles. The number of alkyl halides is 3. The van der Waals surface area contributed by atoms with Gasteiger partial charge in [-0.1, -0.05) is 19.6 Å². The zero-order chi connectivity index (χ0) is 19.9. The topological polar surface area (TPSA) is 39.9 Å². The first-order valence-electron chi connectivity index (χ1n) is 8.89. The quantitative estimate of drug-likeness (QED) is 0.283. The van der Waals surface area contributed by atoms with Gasteiger partial charge in [-0.3, -0.25) is 4.98 Å². The molecule has 0 aliphatic rings. The van der Waals surface area contributed by atoms with Crippen molar-refractivity contribution in [2.24, 2.45) is 0 Å². The van der Waals surface area contributed by atoms with E-state index in [1.807, 2.05) is 12.1 Å². The Morgan fingerprint density at radius 2 is 2.00 bits per heavy atom. The average molecular weight is 418 g/mol. The second-order valence-electron chi connectivity index (χ2n) is 7.51. The van der Waals surface area contributed by atoms with Crippen molar-refractivity contribution in [1.82, 2.24) is 14.8 Å². The fraction of sp³-hybridized carbons (Fsp3) is 0.556. The lowest BCUT2D eigenvalue weighted by Gasteiger charge is -2.16. The molecule has 0 saturated carbocycles. The normalized spacial score (nSPS) is 12.5. The number of ether oxygens (including phenoxy) is 1. The van der Waals surface area contributed by atoms with Gasteiger partial charge in [0.1, 0.15) is 6.73 Å². The summed E-state index contributed by atoms with van der Waals surface area (Å²) >= 11 is 1.39. The standard InChI is InChI=1S/C18H26F3N3OSSi/c1-27(2,3)11-9-25-14-24-17(15-6-4-8-22-12-15)16(13-23-24)26-10-5-7-18(19,20)21/h4,6,8,12-13H,5,7,9-11,14H2,1-3H3. The molecule has 9 heteroatoms. The molecule has 27 heavy (non-hydrogen) atoms. The Morgan fingerprint density at radius 3 is 2.63 bits per heavy atom. The maximum Gasteiger partial charge on any atom is 0.389 e. The first kappa shape index (κ1) is 22.0. The molecule has 0 unspecified atom stereocenters. The first-order chi connectivity index (χ1) is 12.7. The Kier molecular flexibility index (Phi) is 7.93. The summed E-state index contributed by atoms with van der Waals surface area (Å²) in [5.74, 6) is 0.384. The molecule has 0 radical (unpaired) electrons. The van der Waals surface area contributed by atoms with E-state index in [0.29, 0.717) is 19.1 Å². The third kappa shape index (κ3) is 8.06. The predicted molar refractivity (Wildman–Crippen MR) is 106 cm³/mol. The lowest BCUT2D eigenvalue weighted by Crippen LogP contribution is -2.22. The summed E-state index contributed by atoms with van der Waals surface area (Å²) in [5.41, 5.74) is 1.72. The van der Waals surface area contributed by atoms with Crippen LogP contribution in [0.3, 0.4) is 0 Å². The number of halogens is 3. The third-order valence-corrected chi connectivity index (χ3v) is 6.62. The van der Waals surface area contributed by atoms with E-state index >= 15 is 0 Å². The highest BCUT2D eigenvalue weighted by Crippen LogP contribution is 2.32. The number of pyridine rings is 1. The van der Waals surface area contributed by atoms with E-state index in [4.69, 9.17) is 4.74 Å². The van der Waals surface area contributed by atoms with Crippen molar-refractivity contribution in [2.45, 2.75) is 56.3 Å². The molecule has 0 saturated heterocycles. The van der Waals surface area contributed by atoms with E-state index < -0.39 is 20.7 Å². The predicted octanol–water partition coefficient (Wildman–Crippen LogP) is 5.69. The summed E-state index contributed by atoms with van der Waals surface area (Å²) in [7, 11) is -1.17.